The van der Waals surface area contributed by atoms with Crippen molar-refractivity contribution in [2.24, 2.45) is 5.22 Å². The summed E-state index contributed by atoms with van der Waals surface area (Å²) in [7, 11) is 3.35. The topological polar surface area (TPSA) is 154 Å². The van der Waals surface area contributed by atoms with E-state index in [9.17, 15) is 14.4 Å². The number of esters is 1. The van der Waals surface area contributed by atoms with Crippen molar-refractivity contribution in [1.29, 1.82) is 0 Å². The van der Waals surface area contributed by atoms with Crippen molar-refractivity contribution in [2.45, 2.75) is 51.6 Å². The molecule has 0 spiro atoms. The molecule has 1 saturated carbocycles. The second-order valence-electron chi connectivity index (χ2n) is 8.71. The van der Waals surface area contributed by atoms with Crippen LogP contribution in [0.25, 0.3) is 10.4 Å². The smallest absolute Gasteiger partial charge is 0.356 e. The number of amides is 1. The molecular formula is C26H35N7O5. The van der Waals surface area contributed by atoms with Gasteiger partial charge in [-0.15, -0.1) is 12.1 Å². The van der Waals surface area contributed by atoms with E-state index >= 15 is 0 Å². The van der Waals surface area contributed by atoms with Crippen LogP contribution in [0.2, 0.25) is 0 Å². The molecule has 0 aliphatic heterocycles. The van der Waals surface area contributed by atoms with Gasteiger partial charge in [0.15, 0.2) is 11.5 Å². The van der Waals surface area contributed by atoms with Gasteiger partial charge in [0.25, 0.3) is 5.91 Å². The molecule has 3 rings (SSSR count). The predicted molar refractivity (Wildman–Crippen MR) is 142 cm³/mol. The molecule has 38 heavy (non-hydrogen) atoms. The first kappa shape index (κ1) is 30.1. The van der Waals surface area contributed by atoms with Gasteiger partial charge in [-0.25, -0.2) is 9.80 Å². The highest BCUT2D eigenvalue weighted by atomic mass is 16.5. The number of aromatic nitrogens is 2. The molecule has 1 fully saturated rings. The van der Waals surface area contributed by atoms with Crippen LogP contribution in [0.4, 0.5) is 5.69 Å². The number of hydrogen-bond donors (Lipinski definition) is 1. The molecule has 1 amide bonds. The fraction of sp³-hybridized carbons (Fsp3) is 0.462. The number of nitrogens with one attached hydrogen (secondary N) is 1. The number of azide groups is 1. The van der Waals surface area contributed by atoms with Crippen LogP contribution in [0.15, 0.2) is 48.2 Å². The van der Waals surface area contributed by atoms with Crippen LogP contribution in [0.1, 0.15) is 72.6 Å². The van der Waals surface area contributed by atoms with E-state index in [4.69, 9.17) is 15.0 Å². The second kappa shape index (κ2) is 14.0. The SMILES string of the molecule is C=CCCOC.CCOC(=O)c1cc(C(=O)N(c2ccc(C(C)N(C)N=[N+]=[N-])cc2)C2(C(C)=O)CC2)n[nH]1. The Bertz CT molecular complexity index is 1170. The van der Waals surface area contributed by atoms with Crippen LogP contribution in [0.5, 0.6) is 0 Å². The number of aromatic amines is 1. The lowest BCUT2D eigenvalue weighted by molar-refractivity contribution is -0.119. The first-order valence-corrected chi connectivity index (χ1v) is 12.2. The van der Waals surface area contributed by atoms with Crippen molar-refractivity contribution in [3.63, 3.8) is 0 Å². The maximum Gasteiger partial charge on any atom is 0.356 e. The zero-order valence-corrected chi connectivity index (χ0v) is 22.5. The molecular weight excluding hydrogens is 490 g/mol. The number of carbonyl (C=O) groups excluding carboxylic acids is 3. The van der Waals surface area contributed by atoms with E-state index in [0.29, 0.717) is 18.5 Å². The third kappa shape index (κ3) is 7.21. The van der Waals surface area contributed by atoms with Crippen LogP contribution >= 0.6 is 0 Å². The summed E-state index contributed by atoms with van der Waals surface area (Å²) in [6.45, 7) is 9.53. The Balaban J connectivity index is 0.000000757. The average Bonchev–Trinajstić information content (AvgIpc) is 3.55. The third-order valence-corrected chi connectivity index (χ3v) is 6.20. The molecule has 0 radical (unpaired) electrons. The highest BCUT2D eigenvalue weighted by Crippen LogP contribution is 2.46. The van der Waals surface area contributed by atoms with E-state index in [1.54, 1.807) is 33.2 Å². The maximum atomic E-state index is 13.4. The molecule has 0 saturated heterocycles. The molecule has 12 nitrogen and oxygen atoms in total. The Morgan fingerprint density at radius 2 is 1.97 bits per heavy atom. The molecule has 204 valence electrons. The zero-order chi connectivity index (χ0) is 28.3. The van der Waals surface area contributed by atoms with Crippen LogP contribution in [-0.2, 0) is 14.3 Å². The first-order chi connectivity index (χ1) is 18.2. The number of H-pyrrole nitrogens is 1. The molecule has 1 aliphatic rings. The molecule has 1 N–H and O–H groups in total. The molecule has 0 bridgehead atoms. The van der Waals surface area contributed by atoms with Crippen molar-refractivity contribution >= 4 is 23.3 Å². The molecule has 1 aromatic carbocycles. The van der Waals surface area contributed by atoms with Gasteiger partial charge in [0.05, 0.1) is 13.7 Å². The number of Topliss-reactive ketones (excluding diaryl/α,β-unsaturated/α-hetero) is 1. The number of nitrogens with zero attached hydrogens (tertiary/aromatic N) is 6. The number of benzene rings is 1. The van der Waals surface area contributed by atoms with Gasteiger partial charge < -0.3 is 9.47 Å². The summed E-state index contributed by atoms with van der Waals surface area (Å²) in [5.41, 5.74) is 9.18. The summed E-state index contributed by atoms with van der Waals surface area (Å²) < 4.78 is 9.64. The number of ether oxygens (including phenoxy) is 2. The highest BCUT2D eigenvalue weighted by molar-refractivity contribution is 6.12. The fourth-order valence-electron chi connectivity index (χ4n) is 3.73. The summed E-state index contributed by atoms with van der Waals surface area (Å²) in [4.78, 5) is 42.1. The maximum absolute atomic E-state index is 13.4. The van der Waals surface area contributed by atoms with Crippen LogP contribution in [0.3, 0.4) is 0 Å². The van der Waals surface area contributed by atoms with E-state index < -0.39 is 17.4 Å². The Labute approximate surface area is 222 Å². The lowest BCUT2D eigenvalue weighted by Gasteiger charge is -2.30. The third-order valence-electron chi connectivity index (χ3n) is 6.20. The largest absolute Gasteiger partial charge is 0.461 e. The van der Waals surface area contributed by atoms with E-state index in [0.717, 1.165) is 18.6 Å². The number of ketones is 1. The standard InChI is InChI=1S/C21H25N7O4.C5H10O/c1-5-32-20(31)18-12-17(23-24-18)19(30)28(21(10-11-21)14(3)29)16-8-6-15(7-9-16)13(2)27(4)26-25-22;1-3-4-5-6-2/h6-9,12-13H,5,10-11H2,1-4H3,(H,23,24);3H,1,4-5H2,2H3. The Morgan fingerprint density at radius 3 is 2.45 bits per heavy atom. The van der Waals surface area contributed by atoms with Gasteiger partial charge in [0.1, 0.15) is 17.3 Å². The highest BCUT2D eigenvalue weighted by Gasteiger charge is 2.55. The van der Waals surface area contributed by atoms with E-state index in [1.165, 1.54) is 22.9 Å². The molecule has 12 heteroatoms. The summed E-state index contributed by atoms with van der Waals surface area (Å²) in [5.74, 6) is -1.22. The van der Waals surface area contributed by atoms with Crippen molar-refractivity contribution in [1.82, 2.24) is 15.2 Å². The summed E-state index contributed by atoms with van der Waals surface area (Å²) >= 11 is 0. The molecule has 2 aromatic rings. The minimum Gasteiger partial charge on any atom is -0.461 e. The van der Waals surface area contributed by atoms with Crippen molar-refractivity contribution in [3.05, 3.63) is 70.4 Å². The minimum atomic E-state index is -0.935. The second-order valence-corrected chi connectivity index (χ2v) is 8.71. The number of methoxy groups -OCH3 is 1. The van der Waals surface area contributed by atoms with E-state index in [1.807, 2.05) is 25.1 Å². The molecule has 1 aliphatic carbocycles. The number of rotatable bonds is 12. The Hall–Kier alpha value is -4.15. The normalized spacial score (nSPS) is 13.6. The molecule has 1 heterocycles. The van der Waals surface area contributed by atoms with Gasteiger partial charge >= 0.3 is 5.97 Å². The molecule has 1 unspecified atom stereocenters. The van der Waals surface area contributed by atoms with Gasteiger partial charge in [0.2, 0.25) is 0 Å². The summed E-state index contributed by atoms with van der Waals surface area (Å²) in [6.07, 6.45) is 3.88. The average molecular weight is 526 g/mol. The quantitative estimate of drug-likeness (QED) is 0.0795. The molecule has 1 atom stereocenters. The number of carbonyl (C=O) groups is 3. The Kier molecular flexibility index (Phi) is 11.1. The minimum absolute atomic E-state index is 0.0149. The number of anilines is 1. The van der Waals surface area contributed by atoms with Crippen LogP contribution in [0, 0.1) is 0 Å². The fourth-order valence-corrected chi connectivity index (χ4v) is 3.73. The van der Waals surface area contributed by atoms with Crippen LogP contribution in [-0.4, -0.2) is 65.8 Å². The summed E-state index contributed by atoms with van der Waals surface area (Å²) in [5, 5.41) is 11.6. The van der Waals surface area contributed by atoms with Gasteiger partial charge in [-0.05, 0) is 63.0 Å². The van der Waals surface area contributed by atoms with E-state index in [2.05, 4.69) is 26.9 Å². The van der Waals surface area contributed by atoms with Crippen molar-refractivity contribution in [3.8, 4) is 0 Å². The lowest BCUT2D eigenvalue weighted by atomic mass is 10.0. The van der Waals surface area contributed by atoms with Crippen LogP contribution < -0.4 is 4.90 Å². The van der Waals surface area contributed by atoms with Gasteiger partial charge in [-0.2, -0.15) is 10.0 Å². The monoisotopic (exact) mass is 525 g/mol. The first-order valence-electron chi connectivity index (χ1n) is 12.2. The lowest BCUT2D eigenvalue weighted by Crippen LogP contribution is -2.47. The van der Waals surface area contributed by atoms with Gasteiger partial charge in [0, 0.05) is 25.5 Å². The predicted octanol–water partition coefficient (Wildman–Crippen LogP) is 4.78. The Morgan fingerprint density at radius 1 is 1.32 bits per heavy atom. The van der Waals surface area contributed by atoms with Crippen molar-refractivity contribution in [2.75, 3.05) is 32.3 Å². The molecule has 1 aromatic heterocycles. The van der Waals surface area contributed by atoms with E-state index in [-0.39, 0.29) is 29.8 Å². The summed E-state index contributed by atoms with van der Waals surface area (Å²) in [6, 6.07) is 8.26. The number of hydrogen-bond acceptors (Lipinski definition) is 7. The van der Waals surface area contributed by atoms with Gasteiger partial charge in [-0.1, -0.05) is 18.2 Å². The van der Waals surface area contributed by atoms with Crippen molar-refractivity contribution < 1.29 is 23.9 Å². The zero-order valence-electron chi connectivity index (χ0n) is 22.5. The van der Waals surface area contributed by atoms with Gasteiger partial charge in [-0.3, -0.25) is 19.6 Å².